The molecule has 2 aromatic heterocycles. The first-order chi connectivity index (χ1) is 6.90. The minimum atomic E-state index is 0.282. The zero-order chi connectivity index (χ0) is 9.80. The van der Waals surface area contributed by atoms with E-state index in [1.807, 2.05) is 28.9 Å². The van der Waals surface area contributed by atoms with E-state index >= 15 is 0 Å². The minimum Gasteiger partial charge on any atom is -0.491 e. The van der Waals surface area contributed by atoms with E-state index < -0.39 is 0 Å². The quantitative estimate of drug-likeness (QED) is 0.728. The molecule has 5 heteroatoms. The van der Waals surface area contributed by atoms with Crippen LogP contribution in [0.4, 0.5) is 3.89 Å². The molecule has 0 amide bonds. The molecule has 74 valence electrons. The number of halogens is 1. The molecule has 0 aromatic carbocycles. The Balaban J connectivity index is 2.10. The van der Waals surface area contributed by atoms with Gasteiger partial charge in [-0.25, -0.2) is 4.98 Å². The fourth-order valence-corrected chi connectivity index (χ4v) is 1.32. The third-order valence-corrected chi connectivity index (χ3v) is 2.11. The van der Waals surface area contributed by atoms with Gasteiger partial charge in [-0.05, 0) is 12.1 Å². The smallest absolute Gasteiger partial charge is 0.136 e. The number of pyridine rings is 1. The maximum Gasteiger partial charge on any atom is 0.136 e. The molecule has 0 saturated carbocycles. The molecule has 0 aliphatic rings. The number of nitrogens with zero attached hydrogens (tertiary/aromatic N) is 2. The molecule has 0 radical (unpaired) electrons. The lowest BCUT2D eigenvalue weighted by atomic mass is 10.4. The van der Waals surface area contributed by atoms with Crippen molar-refractivity contribution in [2.45, 2.75) is 0 Å². The lowest BCUT2D eigenvalue weighted by Crippen LogP contribution is -1.99. The molecule has 14 heavy (non-hydrogen) atoms. The van der Waals surface area contributed by atoms with Crippen LogP contribution in [0.2, 0.25) is 0 Å². The van der Waals surface area contributed by atoms with Gasteiger partial charge in [-0.15, -0.1) is 0 Å². The summed E-state index contributed by atoms with van der Waals surface area (Å²) in [5, 5.41) is 0. The van der Waals surface area contributed by atoms with Crippen molar-refractivity contribution in [2.24, 2.45) is 0 Å². The van der Waals surface area contributed by atoms with Gasteiger partial charge in [0.1, 0.15) is 11.4 Å². The highest BCUT2D eigenvalue weighted by Gasteiger charge is 1.97. The second-order valence-electron chi connectivity index (χ2n) is 2.72. The van der Waals surface area contributed by atoms with E-state index in [2.05, 4.69) is 4.98 Å². The van der Waals surface area contributed by atoms with Crippen molar-refractivity contribution < 1.29 is 8.62 Å². The maximum atomic E-state index is 11.7. The van der Waals surface area contributed by atoms with Gasteiger partial charge in [0.15, 0.2) is 0 Å². The summed E-state index contributed by atoms with van der Waals surface area (Å²) in [7, 11) is 0. The van der Waals surface area contributed by atoms with Gasteiger partial charge in [0.25, 0.3) is 0 Å². The maximum absolute atomic E-state index is 11.7. The van der Waals surface area contributed by atoms with Gasteiger partial charge in [-0.2, -0.15) is 3.89 Å². The van der Waals surface area contributed by atoms with Crippen molar-refractivity contribution in [3.05, 3.63) is 30.7 Å². The highest BCUT2D eigenvalue weighted by Crippen LogP contribution is 2.12. The van der Waals surface area contributed by atoms with Crippen LogP contribution in [-0.4, -0.2) is 21.7 Å². The fraction of sp³-hybridized carbons (Fsp3) is 0.222. The standard InChI is InChI=1S/C9H9FN2OS/c10-14-6-5-13-8-1-2-9-11-3-4-12(9)7-8/h1-4,7H,5-6H2. The summed E-state index contributed by atoms with van der Waals surface area (Å²) < 4.78 is 18.9. The number of aromatic nitrogens is 2. The molecule has 0 aliphatic carbocycles. The summed E-state index contributed by atoms with van der Waals surface area (Å²) >= 11 is 0.282. The lowest BCUT2D eigenvalue weighted by Gasteiger charge is -2.04. The average molecular weight is 212 g/mol. The number of ether oxygens (including phenoxy) is 1. The minimum absolute atomic E-state index is 0.282. The number of rotatable bonds is 4. The van der Waals surface area contributed by atoms with Crippen molar-refractivity contribution in [3.63, 3.8) is 0 Å². The Labute approximate surface area is 85.2 Å². The van der Waals surface area contributed by atoms with E-state index in [0.717, 1.165) is 11.4 Å². The van der Waals surface area contributed by atoms with Crippen LogP contribution in [0.1, 0.15) is 0 Å². The topological polar surface area (TPSA) is 26.5 Å². The van der Waals surface area contributed by atoms with Crippen molar-refractivity contribution in [1.29, 1.82) is 0 Å². The van der Waals surface area contributed by atoms with Gasteiger partial charge in [0.05, 0.1) is 18.6 Å². The molecule has 0 unspecified atom stereocenters. The van der Waals surface area contributed by atoms with Crippen molar-refractivity contribution in [3.8, 4) is 5.75 Å². The van der Waals surface area contributed by atoms with Crippen LogP contribution in [0, 0.1) is 0 Å². The van der Waals surface area contributed by atoms with Crippen LogP contribution < -0.4 is 4.74 Å². The fourth-order valence-electron chi connectivity index (χ4n) is 1.18. The van der Waals surface area contributed by atoms with Gasteiger partial charge < -0.3 is 9.14 Å². The molecule has 3 nitrogen and oxygen atoms in total. The second-order valence-corrected chi connectivity index (χ2v) is 3.35. The molecule has 2 aromatic rings. The number of fused-ring (bicyclic) bond motifs is 1. The zero-order valence-electron chi connectivity index (χ0n) is 7.39. The largest absolute Gasteiger partial charge is 0.491 e. The van der Waals surface area contributed by atoms with Crippen LogP contribution in [0.5, 0.6) is 5.75 Å². The Morgan fingerprint density at radius 2 is 2.43 bits per heavy atom. The first kappa shape index (κ1) is 9.33. The number of hydrogen-bond donors (Lipinski definition) is 0. The van der Waals surface area contributed by atoms with Crippen LogP contribution in [0.25, 0.3) is 5.65 Å². The number of imidazole rings is 1. The van der Waals surface area contributed by atoms with Crippen molar-refractivity contribution in [1.82, 2.24) is 9.38 Å². The second kappa shape index (κ2) is 4.32. The SMILES string of the molecule is FSCCOc1ccc2nccn2c1. The Hall–Kier alpha value is -1.23. The molecule has 0 fully saturated rings. The molecular formula is C9H9FN2OS. The van der Waals surface area contributed by atoms with Crippen LogP contribution in [-0.2, 0) is 0 Å². The lowest BCUT2D eigenvalue weighted by molar-refractivity contribution is 0.341. The summed E-state index contributed by atoms with van der Waals surface area (Å²) in [6, 6.07) is 3.68. The Morgan fingerprint density at radius 3 is 3.29 bits per heavy atom. The van der Waals surface area contributed by atoms with Crippen LogP contribution in [0.15, 0.2) is 30.7 Å². The molecule has 0 saturated heterocycles. The predicted molar refractivity (Wildman–Crippen MR) is 54.3 cm³/mol. The van der Waals surface area contributed by atoms with E-state index in [1.54, 1.807) is 6.20 Å². The molecule has 0 spiro atoms. The van der Waals surface area contributed by atoms with E-state index in [9.17, 15) is 3.89 Å². The molecule has 2 rings (SSSR count). The third kappa shape index (κ3) is 1.98. The monoisotopic (exact) mass is 212 g/mol. The van der Waals surface area contributed by atoms with Crippen LogP contribution in [0.3, 0.4) is 0 Å². The molecular weight excluding hydrogens is 203 g/mol. The number of hydrogen-bond acceptors (Lipinski definition) is 3. The molecule has 0 bridgehead atoms. The normalized spacial score (nSPS) is 10.6. The van der Waals surface area contributed by atoms with Crippen LogP contribution >= 0.6 is 12.1 Å². The summed E-state index contributed by atoms with van der Waals surface area (Å²) in [6.07, 6.45) is 5.38. The molecule has 0 aliphatic heterocycles. The average Bonchev–Trinajstić information content (AvgIpc) is 2.65. The summed E-state index contributed by atoms with van der Waals surface area (Å²) in [4.78, 5) is 4.10. The van der Waals surface area contributed by atoms with Gasteiger partial charge in [0.2, 0.25) is 0 Å². The first-order valence-electron chi connectivity index (χ1n) is 4.19. The van der Waals surface area contributed by atoms with Gasteiger partial charge in [-0.3, -0.25) is 0 Å². The molecule has 0 N–H and O–H groups in total. The van der Waals surface area contributed by atoms with Gasteiger partial charge in [-0.1, -0.05) is 0 Å². The van der Waals surface area contributed by atoms with E-state index in [4.69, 9.17) is 4.74 Å². The summed E-state index contributed by atoms with van der Waals surface area (Å²) in [5.74, 6) is 1.08. The highest BCUT2D eigenvalue weighted by molar-refractivity contribution is 7.94. The van der Waals surface area contributed by atoms with E-state index in [1.165, 1.54) is 0 Å². The van der Waals surface area contributed by atoms with E-state index in [-0.39, 0.29) is 12.1 Å². The Bertz CT molecular complexity index is 418. The third-order valence-electron chi connectivity index (χ3n) is 1.79. The Kier molecular flexibility index (Phi) is 2.88. The Morgan fingerprint density at radius 1 is 1.50 bits per heavy atom. The molecule has 0 atom stereocenters. The summed E-state index contributed by atoms with van der Waals surface area (Å²) in [5.41, 5.74) is 0.872. The van der Waals surface area contributed by atoms with Gasteiger partial charge >= 0.3 is 0 Å². The highest BCUT2D eigenvalue weighted by atomic mass is 32.2. The zero-order valence-corrected chi connectivity index (χ0v) is 8.21. The molecule has 2 heterocycles. The first-order valence-corrected chi connectivity index (χ1v) is 5.08. The van der Waals surface area contributed by atoms with Gasteiger partial charge in [0, 0.05) is 24.5 Å². The van der Waals surface area contributed by atoms with E-state index in [0.29, 0.717) is 12.4 Å². The van der Waals surface area contributed by atoms with Crippen molar-refractivity contribution in [2.75, 3.05) is 12.4 Å². The predicted octanol–water partition coefficient (Wildman–Crippen LogP) is 2.33. The summed E-state index contributed by atoms with van der Waals surface area (Å²) in [6.45, 7) is 0.376. The van der Waals surface area contributed by atoms with Crippen molar-refractivity contribution >= 4 is 17.8 Å².